The van der Waals surface area contributed by atoms with Gasteiger partial charge >= 0.3 is 5.97 Å². The lowest BCUT2D eigenvalue weighted by molar-refractivity contribution is -0.137. The highest BCUT2D eigenvalue weighted by atomic mass is 32.2. The highest BCUT2D eigenvalue weighted by Crippen LogP contribution is 2.09. The topological polar surface area (TPSA) is 83.5 Å². The Hall–Kier alpha value is -0.620. The summed E-state index contributed by atoms with van der Waals surface area (Å²) in [5, 5.41) is 8.45. The molecule has 0 aromatic carbocycles. The molecule has 0 saturated carbocycles. The van der Waals surface area contributed by atoms with Gasteiger partial charge in [-0.1, -0.05) is 38.5 Å². The Bertz CT molecular complexity index is 314. The van der Waals surface area contributed by atoms with Crippen LogP contribution >= 0.6 is 0 Å². The first-order valence-corrected chi connectivity index (χ1v) is 8.47. The number of rotatable bonds is 12. The third-order valence-electron chi connectivity index (χ3n) is 2.68. The molecule has 0 radical (unpaired) electrons. The lowest BCUT2D eigenvalue weighted by Crippen LogP contribution is -2.22. The van der Waals surface area contributed by atoms with Crippen molar-refractivity contribution in [3.05, 3.63) is 0 Å². The van der Waals surface area contributed by atoms with Gasteiger partial charge in [0.15, 0.2) is 0 Å². The molecule has 0 saturated heterocycles. The highest BCUT2D eigenvalue weighted by Gasteiger charge is 1.99. The van der Waals surface area contributed by atoms with Crippen LogP contribution in [0.1, 0.15) is 57.8 Å². The van der Waals surface area contributed by atoms with Gasteiger partial charge < -0.3 is 5.11 Å². The van der Waals surface area contributed by atoms with Gasteiger partial charge in [0.1, 0.15) is 0 Å². The van der Waals surface area contributed by atoms with Crippen molar-refractivity contribution in [2.75, 3.05) is 12.8 Å². The SMILES string of the molecule is CS(=O)(=O)NCCCCCCCCCCC(=O)O. The minimum atomic E-state index is -3.04. The summed E-state index contributed by atoms with van der Waals surface area (Å²) in [4.78, 5) is 10.3. The van der Waals surface area contributed by atoms with Crippen LogP contribution in [0.5, 0.6) is 0 Å². The molecule has 18 heavy (non-hydrogen) atoms. The van der Waals surface area contributed by atoms with Crippen LogP contribution in [-0.4, -0.2) is 32.3 Å². The van der Waals surface area contributed by atoms with Gasteiger partial charge in [-0.25, -0.2) is 13.1 Å². The Morgan fingerprint density at radius 3 is 1.83 bits per heavy atom. The third-order valence-corrected chi connectivity index (χ3v) is 3.41. The van der Waals surface area contributed by atoms with E-state index in [1.807, 2.05) is 0 Å². The van der Waals surface area contributed by atoms with Crippen LogP contribution in [0.4, 0.5) is 0 Å². The van der Waals surface area contributed by atoms with E-state index in [1.54, 1.807) is 0 Å². The van der Waals surface area contributed by atoms with Crippen LogP contribution in [0.2, 0.25) is 0 Å². The van der Waals surface area contributed by atoms with Gasteiger partial charge in [-0.3, -0.25) is 4.79 Å². The minimum absolute atomic E-state index is 0.275. The Kier molecular flexibility index (Phi) is 9.96. The standard InChI is InChI=1S/C12H25NO4S/c1-18(16,17)13-11-9-7-5-3-2-4-6-8-10-12(14)15/h13H,2-11H2,1H3,(H,14,15). The zero-order chi connectivity index (χ0) is 13.9. The van der Waals surface area contributed by atoms with Gasteiger partial charge in [-0.05, 0) is 12.8 Å². The van der Waals surface area contributed by atoms with E-state index >= 15 is 0 Å². The summed E-state index contributed by atoms with van der Waals surface area (Å²) < 4.78 is 24.0. The van der Waals surface area contributed by atoms with Crippen LogP contribution in [0.25, 0.3) is 0 Å². The number of sulfonamides is 1. The van der Waals surface area contributed by atoms with Crippen molar-refractivity contribution in [3.63, 3.8) is 0 Å². The number of nitrogens with one attached hydrogen (secondary N) is 1. The van der Waals surface area contributed by atoms with Crippen molar-refractivity contribution in [2.24, 2.45) is 0 Å². The maximum Gasteiger partial charge on any atom is 0.303 e. The predicted molar refractivity (Wildman–Crippen MR) is 72.0 cm³/mol. The number of aliphatic carboxylic acids is 1. The second-order valence-corrected chi connectivity index (χ2v) is 6.47. The fourth-order valence-corrected chi connectivity index (χ4v) is 2.23. The van der Waals surface area contributed by atoms with Crippen molar-refractivity contribution in [2.45, 2.75) is 57.8 Å². The van der Waals surface area contributed by atoms with Crippen LogP contribution in [0.3, 0.4) is 0 Å². The van der Waals surface area contributed by atoms with Crippen molar-refractivity contribution >= 4 is 16.0 Å². The summed E-state index contributed by atoms with van der Waals surface area (Å²) in [5.74, 6) is -0.714. The molecule has 108 valence electrons. The number of carbonyl (C=O) groups is 1. The molecule has 0 aromatic heterocycles. The van der Waals surface area contributed by atoms with Crippen LogP contribution in [0, 0.1) is 0 Å². The first-order chi connectivity index (χ1) is 8.42. The van der Waals surface area contributed by atoms with E-state index in [1.165, 1.54) is 6.26 Å². The Balaban J connectivity index is 3.10. The smallest absolute Gasteiger partial charge is 0.303 e. The molecule has 0 aromatic rings. The third kappa shape index (κ3) is 15.4. The summed E-state index contributed by atoms with van der Waals surface area (Å²) >= 11 is 0. The van der Waals surface area contributed by atoms with Gasteiger partial charge in [0.2, 0.25) is 10.0 Å². The van der Waals surface area contributed by atoms with Gasteiger partial charge in [-0.15, -0.1) is 0 Å². The van der Waals surface area contributed by atoms with E-state index in [2.05, 4.69) is 4.72 Å². The maximum absolute atomic E-state index is 10.8. The van der Waals surface area contributed by atoms with E-state index in [9.17, 15) is 13.2 Å². The molecule has 0 fully saturated rings. The van der Waals surface area contributed by atoms with Crippen LogP contribution < -0.4 is 4.72 Å². The quantitative estimate of drug-likeness (QED) is 0.536. The summed E-state index contributed by atoms with van der Waals surface area (Å²) in [6, 6.07) is 0. The minimum Gasteiger partial charge on any atom is -0.481 e. The van der Waals surface area contributed by atoms with E-state index < -0.39 is 16.0 Å². The first-order valence-electron chi connectivity index (χ1n) is 6.58. The lowest BCUT2D eigenvalue weighted by atomic mass is 10.1. The lowest BCUT2D eigenvalue weighted by Gasteiger charge is -2.03. The highest BCUT2D eigenvalue weighted by molar-refractivity contribution is 7.88. The molecular weight excluding hydrogens is 254 g/mol. The number of carboxylic acid groups (broad SMARTS) is 1. The number of hydrogen-bond acceptors (Lipinski definition) is 3. The molecule has 0 amide bonds. The Labute approximate surface area is 110 Å². The first kappa shape index (κ1) is 17.4. The molecule has 0 atom stereocenters. The summed E-state index contributed by atoms with van der Waals surface area (Å²) in [5.41, 5.74) is 0. The molecule has 0 aliphatic rings. The predicted octanol–water partition coefficient (Wildman–Crippen LogP) is 2.13. The fourth-order valence-electron chi connectivity index (χ4n) is 1.72. The van der Waals surface area contributed by atoms with Gasteiger partial charge in [0.25, 0.3) is 0 Å². The van der Waals surface area contributed by atoms with Gasteiger partial charge in [0.05, 0.1) is 6.26 Å². The van der Waals surface area contributed by atoms with Crippen molar-refractivity contribution < 1.29 is 18.3 Å². The second-order valence-electron chi connectivity index (χ2n) is 4.64. The summed E-state index contributed by atoms with van der Waals surface area (Å²) in [6.45, 7) is 0.525. The molecule has 0 aliphatic carbocycles. The molecular formula is C12H25NO4S. The molecule has 5 nitrogen and oxygen atoms in total. The van der Waals surface area contributed by atoms with Crippen molar-refractivity contribution in [1.82, 2.24) is 4.72 Å². The number of unbranched alkanes of at least 4 members (excludes halogenated alkanes) is 7. The van der Waals surface area contributed by atoms with Crippen molar-refractivity contribution in [1.29, 1.82) is 0 Å². The monoisotopic (exact) mass is 279 g/mol. The Morgan fingerprint density at radius 2 is 1.39 bits per heavy atom. The molecule has 2 N–H and O–H groups in total. The largest absolute Gasteiger partial charge is 0.481 e. The molecule has 0 aliphatic heterocycles. The maximum atomic E-state index is 10.8. The van der Waals surface area contributed by atoms with Gasteiger partial charge in [-0.2, -0.15) is 0 Å². The molecule has 0 rings (SSSR count). The summed E-state index contributed by atoms with van der Waals surface area (Å²) in [7, 11) is -3.04. The van der Waals surface area contributed by atoms with E-state index in [-0.39, 0.29) is 6.42 Å². The Morgan fingerprint density at radius 1 is 0.944 bits per heavy atom. The molecule has 0 bridgehead atoms. The van der Waals surface area contributed by atoms with Crippen molar-refractivity contribution in [3.8, 4) is 0 Å². The number of hydrogen-bond donors (Lipinski definition) is 2. The van der Waals surface area contributed by atoms with E-state index in [0.717, 1.165) is 51.4 Å². The summed E-state index contributed by atoms with van der Waals surface area (Å²) in [6.07, 6.45) is 9.62. The normalized spacial score (nSPS) is 11.6. The zero-order valence-corrected chi connectivity index (χ0v) is 12.0. The van der Waals surface area contributed by atoms with E-state index in [4.69, 9.17) is 5.11 Å². The molecule has 0 spiro atoms. The average molecular weight is 279 g/mol. The number of carboxylic acids is 1. The second kappa shape index (κ2) is 10.3. The fraction of sp³-hybridized carbons (Fsp3) is 0.917. The molecule has 0 unspecified atom stereocenters. The van der Waals surface area contributed by atoms with E-state index in [0.29, 0.717) is 6.54 Å². The van der Waals surface area contributed by atoms with Crippen LogP contribution in [-0.2, 0) is 14.8 Å². The molecule has 0 heterocycles. The van der Waals surface area contributed by atoms with Gasteiger partial charge in [0, 0.05) is 13.0 Å². The zero-order valence-electron chi connectivity index (χ0n) is 11.2. The average Bonchev–Trinajstić information content (AvgIpc) is 2.24. The van der Waals surface area contributed by atoms with Crippen LogP contribution in [0.15, 0.2) is 0 Å². The molecule has 6 heteroatoms.